The Hall–Kier alpha value is -1.71. The summed E-state index contributed by atoms with van der Waals surface area (Å²) < 4.78 is 11.1. The quantitative estimate of drug-likeness (QED) is 0.838. The van der Waals surface area contributed by atoms with Gasteiger partial charge in [0.05, 0.1) is 6.61 Å². The highest BCUT2D eigenvalue weighted by atomic mass is 16.5. The molecule has 1 N–H and O–H groups in total. The van der Waals surface area contributed by atoms with Gasteiger partial charge in [0.15, 0.2) is 18.1 Å². The highest BCUT2D eigenvalue weighted by Gasteiger charge is 2.42. The second-order valence-corrected chi connectivity index (χ2v) is 6.86. The number of para-hydroxylation sites is 2. The summed E-state index contributed by atoms with van der Waals surface area (Å²) in [6, 6.07) is 7.71. The van der Waals surface area contributed by atoms with Crippen molar-refractivity contribution >= 4 is 5.91 Å². The fourth-order valence-electron chi connectivity index (χ4n) is 4.30. The molecule has 2 aliphatic rings. The number of fused-ring (bicyclic) bond motifs is 2. The van der Waals surface area contributed by atoms with E-state index in [9.17, 15) is 4.79 Å². The van der Waals surface area contributed by atoms with Crippen LogP contribution < -0.4 is 14.8 Å². The van der Waals surface area contributed by atoms with Crippen molar-refractivity contribution in [1.29, 1.82) is 0 Å². The largest absolute Gasteiger partial charge is 0.490 e. The fourth-order valence-corrected chi connectivity index (χ4v) is 4.30. The predicted molar refractivity (Wildman–Crippen MR) is 89.6 cm³/mol. The smallest absolute Gasteiger partial charge is 0.258 e. The SMILES string of the molecule is CCOc1ccccc1OCC(=O)N[C@H](C)[C@H]1C[C@@H]2CC[C@@H]1C2. The topological polar surface area (TPSA) is 47.6 Å². The highest BCUT2D eigenvalue weighted by molar-refractivity contribution is 5.77. The van der Waals surface area contributed by atoms with Crippen molar-refractivity contribution in [2.45, 2.75) is 45.6 Å². The molecule has 4 nitrogen and oxygen atoms in total. The molecule has 1 aromatic rings. The number of carbonyl (C=O) groups is 1. The molecule has 2 aliphatic carbocycles. The van der Waals surface area contributed by atoms with Crippen LogP contribution in [0.3, 0.4) is 0 Å². The Morgan fingerprint density at radius 2 is 1.96 bits per heavy atom. The third-order valence-corrected chi connectivity index (χ3v) is 5.33. The van der Waals surface area contributed by atoms with E-state index in [4.69, 9.17) is 9.47 Å². The summed E-state index contributed by atoms with van der Waals surface area (Å²) in [4.78, 5) is 12.2. The second kappa shape index (κ2) is 7.24. The summed E-state index contributed by atoms with van der Waals surface area (Å²) in [6.45, 7) is 4.68. The molecule has 126 valence electrons. The van der Waals surface area contributed by atoms with Crippen molar-refractivity contribution in [2.24, 2.45) is 17.8 Å². The van der Waals surface area contributed by atoms with E-state index < -0.39 is 0 Å². The molecule has 0 spiro atoms. The van der Waals surface area contributed by atoms with Crippen molar-refractivity contribution in [3.63, 3.8) is 0 Å². The Morgan fingerprint density at radius 1 is 1.22 bits per heavy atom. The van der Waals surface area contributed by atoms with E-state index in [-0.39, 0.29) is 18.6 Å². The maximum Gasteiger partial charge on any atom is 0.258 e. The molecule has 23 heavy (non-hydrogen) atoms. The molecule has 0 unspecified atom stereocenters. The molecule has 0 heterocycles. The van der Waals surface area contributed by atoms with E-state index in [0.717, 1.165) is 11.8 Å². The van der Waals surface area contributed by atoms with Crippen molar-refractivity contribution in [2.75, 3.05) is 13.2 Å². The van der Waals surface area contributed by atoms with Gasteiger partial charge in [0.1, 0.15) is 0 Å². The first-order valence-electron chi connectivity index (χ1n) is 8.81. The van der Waals surface area contributed by atoms with E-state index in [1.807, 2.05) is 31.2 Å². The number of carbonyl (C=O) groups excluding carboxylic acids is 1. The van der Waals surface area contributed by atoms with Gasteiger partial charge in [0, 0.05) is 6.04 Å². The van der Waals surface area contributed by atoms with Crippen LogP contribution >= 0.6 is 0 Å². The monoisotopic (exact) mass is 317 g/mol. The minimum atomic E-state index is -0.0495. The maximum absolute atomic E-state index is 12.2. The first-order valence-corrected chi connectivity index (χ1v) is 8.81. The highest BCUT2D eigenvalue weighted by Crippen LogP contribution is 2.49. The third kappa shape index (κ3) is 3.80. The van der Waals surface area contributed by atoms with Crippen molar-refractivity contribution < 1.29 is 14.3 Å². The molecule has 4 atom stereocenters. The minimum Gasteiger partial charge on any atom is -0.490 e. The standard InChI is InChI=1S/C19H27NO3/c1-3-22-17-6-4-5-7-18(17)23-12-19(21)20-13(2)16-11-14-8-9-15(16)10-14/h4-7,13-16H,3,8-12H2,1-2H3,(H,20,21)/t13-,14-,15-,16-/m1/s1. The van der Waals surface area contributed by atoms with Crippen LogP contribution in [0.5, 0.6) is 11.5 Å². The number of rotatable bonds is 7. The lowest BCUT2D eigenvalue weighted by Crippen LogP contribution is -2.42. The Bertz CT molecular complexity index is 545. The summed E-state index contributed by atoms with van der Waals surface area (Å²) in [7, 11) is 0. The molecule has 3 rings (SSSR count). The van der Waals surface area contributed by atoms with Gasteiger partial charge in [0.25, 0.3) is 5.91 Å². The first kappa shape index (κ1) is 16.2. The average Bonchev–Trinajstić information content (AvgIpc) is 3.17. The Kier molecular flexibility index (Phi) is 5.09. The number of ether oxygens (including phenoxy) is 2. The molecular weight excluding hydrogens is 290 g/mol. The molecule has 2 bridgehead atoms. The number of hydrogen-bond donors (Lipinski definition) is 1. The van der Waals surface area contributed by atoms with E-state index in [1.165, 1.54) is 25.7 Å². The van der Waals surface area contributed by atoms with Crippen molar-refractivity contribution in [3.8, 4) is 11.5 Å². The van der Waals surface area contributed by atoms with Gasteiger partial charge in [-0.2, -0.15) is 0 Å². The molecule has 2 saturated carbocycles. The van der Waals surface area contributed by atoms with Crippen LogP contribution in [0.4, 0.5) is 0 Å². The second-order valence-electron chi connectivity index (χ2n) is 6.86. The Morgan fingerprint density at radius 3 is 2.57 bits per heavy atom. The van der Waals surface area contributed by atoms with E-state index in [2.05, 4.69) is 12.2 Å². The van der Waals surface area contributed by atoms with Crippen LogP contribution in [0.2, 0.25) is 0 Å². The molecule has 0 radical (unpaired) electrons. The van der Waals surface area contributed by atoms with Crippen molar-refractivity contribution in [3.05, 3.63) is 24.3 Å². The van der Waals surface area contributed by atoms with E-state index in [0.29, 0.717) is 24.0 Å². The number of amides is 1. The molecular formula is C19H27NO3. The first-order chi connectivity index (χ1) is 11.2. The summed E-state index contributed by atoms with van der Waals surface area (Å²) in [5.41, 5.74) is 0. The summed E-state index contributed by atoms with van der Waals surface area (Å²) in [5, 5.41) is 3.12. The lowest BCUT2D eigenvalue weighted by Gasteiger charge is -2.28. The van der Waals surface area contributed by atoms with Gasteiger partial charge in [-0.15, -0.1) is 0 Å². The van der Waals surface area contributed by atoms with Gasteiger partial charge in [-0.25, -0.2) is 0 Å². The average molecular weight is 317 g/mol. The molecule has 0 saturated heterocycles. The van der Waals surface area contributed by atoms with Crippen LogP contribution in [0, 0.1) is 17.8 Å². The number of benzene rings is 1. The van der Waals surface area contributed by atoms with Crippen LogP contribution in [0.1, 0.15) is 39.5 Å². The van der Waals surface area contributed by atoms with Gasteiger partial charge in [-0.05, 0) is 63.0 Å². The maximum atomic E-state index is 12.2. The zero-order chi connectivity index (χ0) is 16.2. The molecule has 1 amide bonds. The van der Waals surface area contributed by atoms with Crippen LogP contribution in [-0.2, 0) is 4.79 Å². The van der Waals surface area contributed by atoms with Gasteiger partial charge in [0.2, 0.25) is 0 Å². The third-order valence-electron chi connectivity index (χ3n) is 5.33. The molecule has 1 aromatic carbocycles. The zero-order valence-corrected chi connectivity index (χ0v) is 14.1. The number of nitrogens with one attached hydrogen (secondary N) is 1. The van der Waals surface area contributed by atoms with E-state index in [1.54, 1.807) is 0 Å². The Balaban J connectivity index is 1.48. The molecule has 0 aromatic heterocycles. The van der Waals surface area contributed by atoms with Gasteiger partial charge in [-0.1, -0.05) is 18.6 Å². The summed E-state index contributed by atoms with van der Waals surface area (Å²) in [5.74, 6) is 3.62. The minimum absolute atomic E-state index is 0.0369. The van der Waals surface area contributed by atoms with Crippen LogP contribution in [0.15, 0.2) is 24.3 Å². The fraction of sp³-hybridized carbons (Fsp3) is 0.632. The normalized spacial score (nSPS) is 26.8. The molecule has 2 fully saturated rings. The van der Waals surface area contributed by atoms with Gasteiger partial charge in [-0.3, -0.25) is 4.79 Å². The van der Waals surface area contributed by atoms with Gasteiger partial charge < -0.3 is 14.8 Å². The predicted octanol–water partition coefficient (Wildman–Crippen LogP) is 3.41. The lowest BCUT2D eigenvalue weighted by molar-refractivity contribution is -0.124. The summed E-state index contributed by atoms with van der Waals surface area (Å²) >= 11 is 0. The molecule has 0 aliphatic heterocycles. The molecule has 4 heteroatoms. The zero-order valence-electron chi connectivity index (χ0n) is 14.1. The van der Waals surface area contributed by atoms with E-state index >= 15 is 0 Å². The van der Waals surface area contributed by atoms with Gasteiger partial charge >= 0.3 is 0 Å². The Labute approximate surface area is 138 Å². The van der Waals surface area contributed by atoms with Crippen LogP contribution in [0.25, 0.3) is 0 Å². The number of hydrogen-bond acceptors (Lipinski definition) is 3. The summed E-state index contributed by atoms with van der Waals surface area (Å²) in [6.07, 6.45) is 5.37. The lowest BCUT2D eigenvalue weighted by atomic mass is 9.84. The van der Waals surface area contributed by atoms with Crippen molar-refractivity contribution in [1.82, 2.24) is 5.32 Å². The van der Waals surface area contributed by atoms with Crippen LogP contribution in [-0.4, -0.2) is 25.2 Å².